The molecule has 0 aliphatic heterocycles. The number of benzene rings is 1. The molecule has 0 bridgehead atoms. The molecule has 102 valence electrons. The number of phenols is 1. The Morgan fingerprint density at radius 3 is 2.61 bits per heavy atom. The van der Waals surface area contributed by atoms with Crippen LogP contribution in [0.25, 0.3) is 0 Å². The van der Waals surface area contributed by atoms with Crippen LogP contribution in [0.3, 0.4) is 0 Å². The Morgan fingerprint density at radius 2 is 2.00 bits per heavy atom. The normalized spacial score (nSPS) is 12.9. The zero-order valence-corrected chi connectivity index (χ0v) is 11.4. The molecule has 0 amide bonds. The zero-order chi connectivity index (χ0) is 13.5. The van der Waals surface area contributed by atoms with Crippen molar-refractivity contribution in [3.63, 3.8) is 0 Å². The van der Waals surface area contributed by atoms with Gasteiger partial charge in [0.25, 0.3) is 0 Å². The zero-order valence-electron chi connectivity index (χ0n) is 11.4. The van der Waals surface area contributed by atoms with Crippen molar-refractivity contribution in [2.45, 2.75) is 26.8 Å². The van der Waals surface area contributed by atoms with Gasteiger partial charge in [0.2, 0.25) is 0 Å². The molecule has 0 radical (unpaired) electrons. The van der Waals surface area contributed by atoms with Crippen LogP contribution in [0.15, 0.2) is 18.2 Å². The van der Waals surface area contributed by atoms with Crippen LogP contribution in [0, 0.1) is 5.82 Å². The minimum absolute atomic E-state index is 0.0590. The second-order valence-corrected chi connectivity index (χ2v) is 4.41. The lowest BCUT2D eigenvalue weighted by atomic mass is 10.1. The summed E-state index contributed by atoms with van der Waals surface area (Å²) in [4.78, 5) is 2.31. The lowest BCUT2D eigenvalue weighted by Gasteiger charge is -2.21. The molecule has 1 atom stereocenters. The van der Waals surface area contributed by atoms with Gasteiger partial charge in [0.05, 0.1) is 0 Å². The molecule has 0 aliphatic rings. The van der Waals surface area contributed by atoms with Gasteiger partial charge in [0.1, 0.15) is 11.6 Å². The summed E-state index contributed by atoms with van der Waals surface area (Å²) in [5, 5.41) is 13.0. The second kappa shape index (κ2) is 7.34. The highest BCUT2D eigenvalue weighted by molar-refractivity contribution is 5.34. The van der Waals surface area contributed by atoms with Gasteiger partial charge in [-0.15, -0.1) is 0 Å². The van der Waals surface area contributed by atoms with Gasteiger partial charge in [-0.3, -0.25) is 0 Å². The van der Waals surface area contributed by atoms with E-state index in [1.165, 1.54) is 18.2 Å². The van der Waals surface area contributed by atoms with Crippen LogP contribution in [-0.2, 0) is 0 Å². The summed E-state index contributed by atoms with van der Waals surface area (Å²) in [5.41, 5.74) is 0.606. The fraction of sp³-hybridized carbons (Fsp3) is 0.571. The van der Waals surface area contributed by atoms with Gasteiger partial charge < -0.3 is 15.3 Å². The third-order valence-electron chi connectivity index (χ3n) is 3.23. The summed E-state index contributed by atoms with van der Waals surface area (Å²) in [6.07, 6.45) is 0. The molecule has 4 heteroatoms. The van der Waals surface area contributed by atoms with Crippen LogP contribution in [0.1, 0.15) is 32.4 Å². The topological polar surface area (TPSA) is 35.5 Å². The third-order valence-corrected chi connectivity index (χ3v) is 3.23. The average molecular weight is 254 g/mol. The van der Waals surface area contributed by atoms with Crippen molar-refractivity contribution in [3.05, 3.63) is 29.6 Å². The number of phenolic OH excluding ortho intramolecular Hbond substituents is 1. The monoisotopic (exact) mass is 254 g/mol. The Balaban J connectivity index is 2.50. The quantitative estimate of drug-likeness (QED) is 0.785. The van der Waals surface area contributed by atoms with Crippen molar-refractivity contribution in [1.29, 1.82) is 0 Å². The molecule has 1 aromatic rings. The first kappa shape index (κ1) is 14.9. The van der Waals surface area contributed by atoms with E-state index in [0.717, 1.165) is 26.2 Å². The lowest BCUT2D eigenvalue weighted by molar-refractivity contribution is 0.297. The number of nitrogens with zero attached hydrogens (tertiary/aromatic N) is 1. The molecule has 1 aromatic carbocycles. The summed E-state index contributed by atoms with van der Waals surface area (Å²) in [6, 6.07) is 3.98. The Bertz CT molecular complexity index is 367. The van der Waals surface area contributed by atoms with Gasteiger partial charge in [-0.2, -0.15) is 0 Å². The van der Waals surface area contributed by atoms with Crippen LogP contribution >= 0.6 is 0 Å². The molecule has 0 saturated heterocycles. The van der Waals surface area contributed by atoms with Crippen LogP contribution in [0.2, 0.25) is 0 Å². The predicted molar refractivity (Wildman–Crippen MR) is 72.3 cm³/mol. The van der Waals surface area contributed by atoms with E-state index < -0.39 is 0 Å². The van der Waals surface area contributed by atoms with Gasteiger partial charge in [-0.05, 0) is 38.2 Å². The molecule has 1 unspecified atom stereocenters. The predicted octanol–water partition coefficient (Wildman–Crippen LogP) is 2.52. The number of aromatic hydroxyl groups is 1. The smallest absolute Gasteiger partial charge is 0.123 e. The maximum Gasteiger partial charge on any atom is 0.123 e. The minimum atomic E-state index is -0.319. The van der Waals surface area contributed by atoms with Crippen LogP contribution < -0.4 is 5.32 Å². The molecule has 0 aliphatic carbocycles. The summed E-state index contributed by atoms with van der Waals surface area (Å²) in [5.74, 6) is -0.181. The SMILES string of the molecule is CCN(CC)CCNC(C)c1cc(F)ccc1O. The van der Waals surface area contributed by atoms with E-state index in [1.807, 2.05) is 6.92 Å². The van der Waals surface area contributed by atoms with E-state index in [4.69, 9.17) is 0 Å². The molecule has 2 N–H and O–H groups in total. The number of nitrogens with one attached hydrogen (secondary N) is 1. The van der Waals surface area contributed by atoms with E-state index in [-0.39, 0.29) is 17.6 Å². The van der Waals surface area contributed by atoms with Crippen molar-refractivity contribution < 1.29 is 9.50 Å². The Kier molecular flexibility index (Phi) is 6.09. The summed E-state index contributed by atoms with van der Waals surface area (Å²) in [6.45, 7) is 10.0. The number of halogens is 1. The van der Waals surface area contributed by atoms with Gasteiger partial charge in [-0.25, -0.2) is 4.39 Å². The highest BCUT2D eigenvalue weighted by Crippen LogP contribution is 2.24. The van der Waals surface area contributed by atoms with E-state index in [0.29, 0.717) is 5.56 Å². The first-order valence-electron chi connectivity index (χ1n) is 6.52. The largest absolute Gasteiger partial charge is 0.508 e. The highest BCUT2D eigenvalue weighted by Gasteiger charge is 2.11. The van der Waals surface area contributed by atoms with E-state index in [1.54, 1.807) is 0 Å². The lowest BCUT2D eigenvalue weighted by Crippen LogP contribution is -2.33. The number of hydrogen-bond acceptors (Lipinski definition) is 3. The van der Waals surface area contributed by atoms with E-state index >= 15 is 0 Å². The molecule has 0 aromatic heterocycles. The van der Waals surface area contributed by atoms with Crippen LogP contribution in [0.4, 0.5) is 4.39 Å². The van der Waals surface area contributed by atoms with Crippen LogP contribution in [0.5, 0.6) is 5.75 Å². The van der Waals surface area contributed by atoms with Crippen molar-refractivity contribution in [3.8, 4) is 5.75 Å². The summed E-state index contributed by atoms with van der Waals surface area (Å²) in [7, 11) is 0. The minimum Gasteiger partial charge on any atom is -0.508 e. The molecular formula is C14H23FN2O. The Morgan fingerprint density at radius 1 is 1.33 bits per heavy atom. The van der Waals surface area contributed by atoms with Crippen molar-refractivity contribution in [2.75, 3.05) is 26.2 Å². The number of hydrogen-bond donors (Lipinski definition) is 2. The summed E-state index contributed by atoms with van der Waals surface area (Å²) < 4.78 is 13.1. The van der Waals surface area contributed by atoms with Gasteiger partial charge in [-0.1, -0.05) is 13.8 Å². The number of likely N-dealkylation sites (N-methyl/N-ethyl adjacent to an activating group) is 1. The molecule has 3 nitrogen and oxygen atoms in total. The fourth-order valence-corrected chi connectivity index (χ4v) is 1.96. The van der Waals surface area contributed by atoms with Gasteiger partial charge in [0, 0.05) is 24.7 Å². The molecule has 0 fully saturated rings. The molecule has 18 heavy (non-hydrogen) atoms. The first-order valence-corrected chi connectivity index (χ1v) is 6.52. The maximum absolute atomic E-state index is 13.1. The van der Waals surface area contributed by atoms with Gasteiger partial charge >= 0.3 is 0 Å². The van der Waals surface area contributed by atoms with Crippen molar-refractivity contribution in [2.24, 2.45) is 0 Å². The second-order valence-electron chi connectivity index (χ2n) is 4.41. The Hall–Kier alpha value is -1.13. The molecule has 1 rings (SSSR count). The summed E-state index contributed by atoms with van der Waals surface area (Å²) >= 11 is 0. The molecule has 0 heterocycles. The Labute approximate surface area is 109 Å². The molecule has 0 saturated carbocycles. The van der Waals surface area contributed by atoms with E-state index in [2.05, 4.69) is 24.1 Å². The molecular weight excluding hydrogens is 231 g/mol. The van der Waals surface area contributed by atoms with Crippen molar-refractivity contribution in [1.82, 2.24) is 10.2 Å². The maximum atomic E-state index is 13.1. The third kappa shape index (κ3) is 4.27. The number of rotatable bonds is 7. The van der Waals surface area contributed by atoms with Gasteiger partial charge in [0.15, 0.2) is 0 Å². The molecule has 0 spiro atoms. The first-order chi connectivity index (χ1) is 8.58. The van der Waals surface area contributed by atoms with Crippen molar-refractivity contribution >= 4 is 0 Å². The van der Waals surface area contributed by atoms with Crippen LogP contribution in [-0.4, -0.2) is 36.2 Å². The average Bonchev–Trinajstić information content (AvgIpc) is 2.37. The standard InChI is InChI=1S/C14H23FN2O/c1-4-17(5-2)9-8-16-11(3)13-10-12(15)6-7-14(13)18/h6-7,10-11,16,18H,4-5,8-9H2,1-3H3. The fourth-order valence-electron chi connectivity index (χ4n) is 1.96. The highest BCUT2D eigenvalue weighted by atomic mass is 19.1. The van der Waals surface area contributed by atoms with E-state index in [9.17, 15) is 9.50 Å².